The van der Waals surface area contributed by atoms with E-state index in [2.05, 4.69) is 15.5 Å². The first-order valence-electron chi connectivity index (χ1n) is 7.07. The molecule has 8 heteroatoms. The van der Waals surface area contributed by atoms with Crippen molar-refractivity contribution in [3.05, 3.63) is 47.7 Å². The average Bonchev–Trinajstić information content (AvgIpc) is 2.55. The Balaban J connectivity index is 2.05. The largest absolute Gasteiger partial charge is 0.493 e. The second-order valence-electron chi connectivity index (χ2n) is 4.64. The maximum atomic E-state index is 12.4. The van der Waals surface area contributed by atoms with Gasteiger partial charge in [-0.25, -0.2) is 4.98 Å². The van der Waals surface area contributed by atoms with Crippen LogP contribution in [-0.2, 0) is 6.18 Å². The van der Waals surface area contributed by atoms with E-state index in [1.165, 1.54) is 12.3 Å². The lowest BCUT2D eigenvalue weighted by molar-refractivity contribution is -0.137. The lowest BCUT2D eigenvalue weighted by Crippen LogP contribution is -2.05. The van der Waals surface area contributed by atoms with Crippen molar-refractivity contribution in [3.8, 4) is 11.5 Å². The standard InChI is InChI=1S/C16H16F3N3O2/c1-3-24-14-8-11(4-6-13(14)23-2)9-21-22-15-7-5-12(10-20-15)16(17,18)19/h4-10H,3H2,1-2H3,(H,20,22)/b21-9-. The van der Waals surface area contributed by atoms with E-state index in [4.69, 9.17) is 9.47 Å². The number of nitrogens with one attached hydrogen (secondary N) is 1. The SMILES string of the molecule is CCOc1cc(/C=N\Nc2ccc(C(F)(F)F)cn2)ccc1OC. The Hall–Kier alpha value is -2.77. The van der Waals surface area contributed by atoms with Gasteiger partial charge in [0.25, 0.3) is 0 Å². The summed E-state index contributed by atoms with van der Waals surface area (Å²) in [6, 6.07) is 7.40. The lowest BCUT2D eigenvalue weighted by Gasteiger charge is -2.09. The Morgan fingerprint density at radius 1 is 1.21 bits per heavy atom. The fourth-order valence-electron chi connectivity index (χ4n) is 1.84. The van der Waals surface area contributed by atoms with Gasteiger partial charge in [0.15, 0.2) is 11.5 Å². The van der Waals surface area contributed by atoms with Crippen molar-refractivity contribution in [3.63, 3.8) is 0 Å². The summed E-state index contributed by atoms with van der Waals surface area (Å²) in [5.41, 5.74) is 2.49. The second kappa shape index (κ2) is 7.67. The number of hydrogen-bond acceptors (Lipinski definition) is 5. The minimum atomic E-state index is -4.41. The summed E-state index contributed by atoms with van der Waals surface area (Å²) in [5.74, 6) is 1.39. The van der Waals surface area contributed by atoms with E-state index in [0.29, 0.717) is 18.1 Å². The first-order chi connectivity index (χ1) is 11.4. The monoisotopic (exact) mass is 339 g/mol. The molecule has 0 saturated heterocycles. The molecule has 1 aromatic heterocycles. The van der Waals surface area contributed by atoms with E-state index in [-0.39, 0.29) is 5.82 Å². The molecule has 2 rings (SSSR count). The zero-order valence-corrected chi connectivity index (χ0v) is 13.1. The molecule has 1 N–H and O–H groups in total. The molecule has 0 atom stereocenters. The van der Waals surface area contributed by atoms with Gasteiger partial charge in [-0.1, -0.05) is 0 Å². The van der Waals surface area contributed by atoms with Crippen molar-refractivity contribution < 1.29 is 22.6 Å². The Labute approximate surface area is 137 Å². The molecule has 1 aromatic carbocycles. The molecule has 1 heterocycles. The van der Waals surface area contributed by atoms with Gasteiger partial charge < -0.3 is 9.47 Å². The fourth-order valence-corrected chi connectivity index (χ4v) is 1.84. The Morgan fingerprint density at radius 3 is 2.58 bits per heavy atom. The summed E-state index contributed by atoms with van der Waals surface area (Å²) >= 11 is 0. The fraction of sp³-hybridized carbons (Fsp3) is 0.250. The summed E-state index contributed by atoms with van der Waals surface area (Å²) < 4.78 is 48.0. The number of nitrogens with zero attached hydrogens (tertiary/aromatic N) is 2. The first-order valence-corrected chi connectivity index (χ1v) is 7.07. The van der Waals surface area contributed by atoms with Gasteiger partial charge in [0, 0.05) is 6.20 Å². The van der Waals surface area contributed by atoms with E-state index in [0.717, 1.165) is 17.8 Å². The zero-order chi connectivity index (χ0) is 17.6. The number of aromatic nitrogens is 1. The topological polar surface area (TPSA) is 55.7 Å². The van der Waals surface area contributed by atoms with Crippen LogP contribution in [0, 0.1) is 0 Å². The first kappa shape index (κ1) is 17.6. The van der Waals surface area contributed by atoms with Gasteiger partial charge in [-0.15, -0.1) is 0 Å². The third kappa shape index (κ3) is 4.61. The molecule has 128 valence electrons. The lowest BCUT2D eigenvalue weighted by atomic mass is 10.2. The third-order valence-corrected chi connectivity index (χ3v) is 2.97. The van der Waals surface area contributed by atoms with E-state index in [9.17, 15) is 13.2 Å². The predicted molar refractivity (Wildman–Crippen MR) is 84.6 cm³/mol. The van der Waals surface area contributed by atoms with Gasteiger partial charge in [-0.05, 0) is 42.8 Å². The summed E-state index contributed by atoms with van der Waals surface area (Å²) in [5, 5.41) is 3.95. The maximum absolute atomic E-state index is 12.4. The number of alkyl halides is 3. The third-order valence-electron chi connectivity index (χ3n) is 2.97. The highest BCUT2D eigenvalue weighted by Crippen LogP contribution is 2.29. The highest BCUT2D eigenvalue weighted by molar-refractivity contribution is 5.81. The van der Waals surface area contributed by atoms with Crippen molar-refractivity contribution in [2.24, 2.45) is 5.10 Å². The molecule has 2 aromatic rings. The number of pyridine rings is 1. The molecule has 0 aliphatic rings. The molecular weight excluding hydrogens is 323 g/mol. The van der Waals surface area contributed by atoms with Gasteiger partial charge in [-0.2, -0.15) is 18.3 Å². The van der Waals surface area contributed by atoms with Crippen molar-refractivity contribution in [2.75, 3.05) is 19.1 Å². The predicted octanol–water partition coefficient (Wildman–Crippen LogP) is 3.95. The molecule has 0 saturated carbocycles. The molecule has 5 nitrogen and oxygen atoms in total. The highest BCUT2D eigenvalue weighted by Gasteiger charge is 2.30. The molecule has 0 aliphatic heterocycles. The van der Waals surface area contributed by atoms with Crippen LogP contribution < -0.4 is 14.9 Å². The molecule has 0 bridgehead atoms. The van der Waals surface area contributed by atoms with E-state index >= 15 is 0 Å². The Morgan fingerprint density at radius 2 is 2.00 bits per heavy atom. The van der Waals surface area contributed by atoms with Crippen LogP contribution in [0.4, 0.5) is 19.0 Å². The number of hydrazone groups is 1. The summed E-state index contributed by atoms with van der Waals surface area (Å²) in [6.07, 6.45) is -2.16. The minimum absolute atomic E-state index is 0.206. The van der Waals surface area contributed by atoms with E-state index < -0.39 is 11.7 Å². The number of benzene rings is 1. The van der Waals surface area contributed by atoms with Crippen LogP contribution in [0.25, 0.3) is 0 Å². The van der Waals surface area contributed by atoms with Gasteiger partial charge >= 0.3 is 6.18 Å². The number of anilines is 1. The average molecular weight is 339 g/mol. The van der Waals surface area contributed by atoms with Crippen LogP contribution in [0.15, 0.2) is 41.6 Å². The number of halogens is 3. The molecule has 0 radical (unpaired) electrons. The van der Waals surface area contributed by atoms with Crippen LogP contribution >= 0.6 is 0 Å². The zero-order valence-electron chi connectivity index (χ0n) is 13.1. The molecule has 0 spiro atoms. The van der Waals surface area contributed by atoms with Crippen LogP contribution in [0.2, 0.25) is 0 Å². The van der Waals surface area contributed by atoms with Gasteiger partial charge in [0.05, 0.1) is 25.5 Å². The van der Waals surface area contributed by atoms with Crippen molar-refractivity contribution in [1.29, 1.82) is 0 Å². The van der Waals surface area contributed by atoms with E-state index in [1.807, 2.05) is 6.92 Å². The molecule has 0 amide bonds. The normalized spacial score (nSPS) is 11.5. The number of methoxy groups -OCH3 is 1. The second-order valence-corrected chi connectivity index (χ2v) is 4.64. The van der Waals surface area contributed by atoms with Gasteiger partial charge in [-0.3, -0.25) is 5.43 Å². The smallest absolute Gasteiger partial charge is 0.417 e. The summed E-state index contributed by atoms with van der Waals surface area (Å²) in [4.78, 5) is 3.66. The molecule has 0 unspecified atom stereocenters. The van der Waals surface area contributed by atoms with Crippen LogP contribution in [0.1, 0.15) is 18.1 Å². The quantitative estimate of drug-likeness (QED) is 0.639. The number of rotatable bonds is 6. The van der Waals surface area contributed by atoms with Crippen molar-refractivity contribution in [1.82, 2.24) is 4.98 Å². The maximum Gasteiger partial charge on any atom is 0.417 e. The number of ether oxygens (including phenoxy) is 2. The molecule has 0 aliphatic carbocycles. The van der Waals surface area contributed by atoms with Crippen LogP contribution in [0.3, 0.4) is 0 Å². The van der Waals surface area contributed by atoms with Crippen LogP contribution in [-0.4, -0.2) is 24.9 Å². The van der Waals surface area contributed by atoms with Gasteiger partial charge in [0.2, 0.25) is 0 Å². The van der Waals surface area contributed by atoms with Gasteiger partial charge in [0.1, 0.15) is 5.82 Å². The van der Waals surface area contributed by atoms with E-state index in [1.54, 1.807) is 25.3 Å². The van der Waals surface area contributed by atoms with Crippen molar-refractivity contribution in [2.45, 2.75) is 13.1 Å². The number of hydrogen-bond donors (Lipinski definition) is 1. The summed E-state index contributed by atoms with van der Waals surface area (Å²) in [6.45, 7) is 2.35. The highest BCUT2D eigenvalue weighted by atomic mass is 19.4. The Bertz CT molecular complexity index is 701. The Kier molecular flexibility index (Phi) is 5.62. The molecule has 0 fully saturated rings. The molecule has 24 heavy (non-hydrogen) atoms. The van der Waals surface area contributed by atoms with Crippen LogP contribution in [0.5, 0.6) is 11.5 Å². The summed E-state index contributed by atoms with van der Waals surface area (Å²) in [7, 11) is 1.55. The minimum Gasteiger partial charge on any atom is -0.493 e. The van der Waals surface area contributed by atoms with Crippen molar-refractivity contribution >= 4 is 12.0 Å². The molecular formula is C16H16F3N3O2.